The van der Waals surface area contributed by atoms with Crippen LogP contribution in [0.15, 0.2) is 24.3 Å². The van der Waals surface area contributed by atoms with Crippen LogP contribution in [0.3, 0.4) is 0 Å². The molecule has 1 aromatic carbocycles. The summed E-state index contributed by atoms with van der Waals surface area (Å²) in [4.78, 5) is 34.3. The fourth-order valence-corrected chi connectivity index (χ4v) is 4.00. The standard InChI is InChI=1S/C17H20O7S/c1-9(11-6-4-5-7-12(11)15(20)21)17-24-16(23-10(2)18)13(25-17)8-14(19)22-3/h4-7,9,13,16-17H,8H2,1-3H3,(H,20,21)/t9-,13?,16?,17?/m0/s1. The van der Waals surface area contributed by atoms with Crippen molar-refractivity contribution in [2.75, 3.05) is 7.11 Å². The van der Waals surface area contributed by atoms with Crippen LogP contribution in [-0.2, 0) is 23.8 Å². The van der Waals surface area contributed by atoms with Gasteiger partial charge in [0.15, 0.2) is 0 Å². The molecule has 8 heteroatoms. The monoisotopic (exact) mass is 368 g/mol. The summed E-state index contributed by atoms with van der Waals surface area (Å²) >= 11 is 1.33. The summed E-state index contributed by atoms with van der Waals surface area (Å²) in [6.45, 7) is 3.10. The molecule has 1 aliphatic rings. The summed E-state index contributed by atoms with van der Waals surface area (Å²) in [6.07, 6.45) is -0.853. The van der Waals surface area contributed by atoms with Crippen LogP contribution in [0.1, 0.15) is 42.1 Å². The van der Waals surface area contributed by atoms with Gasteiger partial charge in [-0.15, -0.1) is 11.8 Å². The van der Waals surface area contributed by atoms with Crippen molar-refractivity contribution in [3.63, 3.8) is 0 Å². The maximum Gasteiger partial charge on any atom is 0.335 e. The lowest BCUT2D eigenvalue weighted by atomic mass is 9.96. The summed E-state index contributed by atoms with van der Waals surface area (Å²) in [7, 11) is 1.28. The van der Waals surface area contributed by atoms with E-state index in [1.54, 1.807) is 18.2 Å². The minimum Gasteiger partial charge on any atom is -0.478 e. The van der Waals surface area contributed by atoms with E-state index in [2.05, 4.69) is 4.74 Å². The van der Waals surface area contributed by atoms with E-state index in [0.717, 1.165) is 0 Å². The topological polar surface area (TPSA) is 99.1 Å². The predicted molar refractivity (Wildman–Crippen MR) is 90.3 cm³/mol. The first-order valence-corrected chi connectivity index (χ1v) is 8.65. The number of carboxylic acid groups (broad SMARTS) is 1. The molecule has 0 bridgehead atoms. The van der Waals surface area contributed by atoms with E-state index in [9.17, 15) is 19.5 Å². The molecule has 1 N–H and O–H groups in total. The van der Waals surface area contributed by atoms with Crippen molar-refractivity contribution < 1.29 is 33.7 Å². The van der Waals surface area contributed by atoms with E-state index in [1.165, 1.54) is 31.9 Å². The summed E-state index contributed by atoms with van der Waals surface area (Å²) < 4.78 is 15.6. The molecule has 1 heterocycles. The maximum absolute atomic E-state index is 11.6. The molecule has 25 heavy (non-hydrogen) atoms. The number of esters is 2. The van der Waals surface area contributed by atoms with Gasteiger partial charge in [-0.1, -0.05) is 25.1 Å². The highest BCUT2D eigenvalue weighted by atomic mass is 32.2. The lowest BCUT2D eigenvalue weighted by Crippen LogP contribution is -2.28. The summed E-state index contributed by atoms with van der Waals surface area (Å²) in [6, 6.07) is 6.67. The molecule has 0 saturated carbocycles. The van der Waals surface area contributed by atoms with Crippen molar-refractivity contribution in [1.29, 1.82) is 0 Å². The molecule has 0 spiro atoms. The molecule has 0 amide bonds. The van der Waals surface area contributed by atoms with Crippen LogP contribution >= 0.6 is 11.8 Å². The van der Waals surface area contributed by atoms with Crippen molar-refractivity contribution in [3.8, 4) is 0 Å². The highest BCUT2D eigenvalue weighted by molar-refractivity contribution is 8.00. The molecule has 1 fully saturated rings. The SMILES string of the molecule is COC(=O)CC1SC([C@@H](C)c2ccccc2C(=O)O)OC1OC(C)=O. The zero-order valence-electron chi connectivity index (χ0n) is 14.1. The Hall–Kier alpha value is -2.06. The summed E-state index contributed by atoms with van der Waals surface area (Å²) in [5, 5.41) is 8.94. The minimum atomic E-state index is -1.02. The number of benzene rings is 1. The molecule has 136 valence electrons. The van der Waals surface area contributed by atoms with Crippen molar-refractivity contribution in [3.05, 3.63) is 35.4 Å². The second-order valence-corrected chi connectivity index (χ2v) is 6.96. The van der Waals surface area contributed by atoms with Crippen LogP contribution in [0.2, 0.25) is 0 Å². The number of carbonyl (C=O) groups excluding carboxylic acids is 2. The number of methoxy groups -OCH3 is 1. The third kappa shape index (κ3) is 4.73. The fraction of sp³-hybridized carbons (Fsp3) is 0.471. The number of hydrogen-bond acceptors (Lipinski definition) is 7. The first kappa shape index (κ1) is 19.3. The number of aromatic carboxylic acids is 1. The van der Waals surface area contributed by atoms with Gasteiger partial charge in [-0.25, -0.2) is 4.79 Å². The Kier molecular flexibility index (Phi) is 6.44. The Balaban J connectivity index is 2.20. The number of thioether (sulfide) groups is 1. The van der Waals surface area contributed by atoms with Crippen LogP contribution in [0.4, 0.5) is 0 Å². The first-order valence-electron chi connectivity index (χ1n) is 7.70. The van der Waals surface area contributed by atoms with Crippen LogP contribution in [-0.4, -0.2) is 47.1 Å². The molecular formula is C17H20O7S. The van der Waals surface area contributed by atoms with Gasteiger partial charge in [0, 0.05) is 12.8 Å². The van der Waals surface area contributed by atoms with Gasteiger partial charge in [0.25, 0.3) is 0 Å². The third-order valence-electron chi connectivity index (χ3n) is 3.85. The quantitative estimate of drug-likeness (QED) is 0.764. The van der Waals surface area contributed by atoms with Gasteiger partial charge in [0.1, 0.15) is 5.44 Å². The van der Waals surface area contributed by atoms with E-state index < -0.39 is 34.9 Å². The van der Waals surface area contributed by atoms with Crippen LogP contribution in [0, 0.1) is 0 Å². The molecule has 1 saturated heterocycles. The van der Waals surface area contributed by atoms with E-state index in [0.29, 0.717) is 5.56 Å². The molecule has 1 aromatic rings. The maximum atomic E-state index is 11.6. The first-order chi connectivity index (χ1) is 11.8. The lowest BCUT2D eigenvalue weighted by molar-refractivity contribution is -0.177. The van der Waals surface area contributed by atoms with Crippen LogP contribution < -0.4 is 0 Å². The number of rotatable bonds is 6. The summed E-state index contributed by atoms with van der Waals surface area (Å²) in [5.74, 6) is -2.25. The Labute approximate surface area is 149 Å². The number of carbonyl (C=O) groups is 3. The minimum absolute atomic E-state index is 0.0307. The Morgan fingerprint density at radius 1 is 1.32 bits per heavy atom. The van der Waals surface area contributed by atoms with E-state index in [-0.39, 0.29) is 17.9 Å². The van der Waals surface area contributed by atoms with Gasteiger partial charge < -0.3 is 19.3 Å². The smallest absolute Gasteiger partial charge is 0.335 e. The normalized spacial score (nSPS) is 23.7. The third-order valence-corrected chi connectivity index (χ3v) is 5.37. The Bertz CT molecular complexity index is 660. The molecule has 0 aromatic heterocycles. The average molecular weight is 368 g/mol. The summed E-state index contributed by atoms with van der Waals surface area (Å²) in [5.41, 5.74) is 0.354. The number of hydrogen-bond donors (Lipinski definition) is 1. The molecular weight excluding hydrogens is 348 g/mol. The predicted octanol–water partition coefficient (Wildman–Crippen LogP) is 2.40. The van der Waals surface area contributed by atoms with Gasteiger partial charge in [0.2, 0.25) is 6.29 Å². The van der Waals surface area contributed by atoms with Crippen LogP contribution in [0.5, 0.6) is 0 Å². The fourth-order valence-electron chi connectivity index (χ4n) is 2.62. The second kappa shape index (κ2) is 8.35. The lowest BCUT2D eigenvalue weighted by Gasteiger charge is -2.20. The zero-order valence-corrected chi connectivity index (χ0v) is 14.9. The van der Waals surface area contributed by atoms with E-state index in [4.69, 9.17) is 9.47 Å². The van der Waals surface area contributed by atoms with Crippen molar-refractivity contribution in [1.82, 2.24) is 0 Å². The molecule has 3 unspecified atom stereocenters. The molecule has 0 radical (unpaired) electrons. The van der Waals surface area contributed by atoms with E-state index in [1.807, 2.05) is 6.92 Å². The largest absolute Gasteiger partial charge is 0.478 e. The van der Waals surface area contributed by atoms with Crippen molar-refractivity contribution in [2.45, 2.75) is 43.2 Å². The highest BCUT2D eigenvalue weighted by Gasteiger charge is 2.42. The van der Waals surface area contributed by atoms with Crippen molar-refractivity contribution in [2.24, 2.45) is 0 Å². The molecule has 7 nitrogen and oxygen atoms in total. The number of ether oxygens (including phenoxy) is 3. The van der Waals surface area contributed by atoms with Gasteiger partial charge >= 0.3 is 17.9 Å². The van der Waals surface area contributed by atoms with Gasteiger partial charge in [-0.05, 0) is 11.6 Å². The second-order valence-electron chi connectivity index (χ2n) is 5.62. The van der Waals surface area contributed by atoms with Crippen LogP contribution in [0.25, 0.3) is 0 Å². The molecule has 2 rings (SSSR count). The Morgan fingerprint density at radius 3 is 2.60 bits per heavy atom. The number of carboxylic acids is 1. The highest BCUT2D eigenvalue weighted by Crippen LogP contribution is 2.43. The average Bonchev–Trinajstić information content (AvgIpc) is 2.95. The Morgan fingerprint density at radius 2 is 2.00 bits per heavy atom. The molecule has 1 aliphatic heterocycles. The zero-order chi connectivity index (χ0) is 18.6. The molecule has 4 atom stereocenters. The van der Waals surface area contributed by atoms with Gasteiger partial charge in [0.05, 0.1) is 24.3 Å². The van der Waals surface area contributed by atoms with Gasteiger partial charge in [-0.2, -0.15) is 0 Å². The van der Waals surface area contributed by atoms with E-state index >= 15 is 0 Å². The van der Waals surface area contributed by atoms with Gasteiger partial charge in [-0.3, -0.25) is 9.59 Å². The van der Waals surface area contributed by atoms with Crippen molar-refractivity contribution >= 4 is 29.7 Å². The molecule has 0 aliphatic carbocycles.